The number of amides is 2. The summed E-state index contributed by atoms with van der Waals surface area (Å²) in [5, 5.41) is 20.7. The van der Waals surface area contributed by atoms with Crippen molar-refractivity contribution in [2.75, 3.05) is 13.7 Å². The van der Waals surface area contributed by atoms with Gasteiger partial charge < -0.3 is 20.5 Å². The number of hydrogen-bond donors (Lipinski definition) is 4. The molecule has 4 N–H and O–H groups in total. The van der Waals surface area contributed by atoms with Crippen molar-refractivity contribution >= 4 is 17.8 Å². The van der Waals surface area contributed by atoms with Crippen LogP contribution in [0.4, 0.5) is 0 Å². The van der Waals surface area contributed by atoms with Crippen LogP contribution in [-0.2, 0) is 9.59 Å². The third kappa shape index (κ3) is 5.83. The van der Waals surface area contributed by atoms with Crippen LogP contribution >= 0.6 is 0 Å². The van der Waals surface area contributed by atoms with Crippen molar-refractivity contribution < 1.29 is 24.2 Å². The first kappa shape index (κ1) is 20.9. The maximum absolute atomic E-state index is 12.2. The molecule has 28 heavy (non-hydrogen) atoms. The minimum Gasteiger partial charge on any atom is -0.497 e. The van der Waals surface area contributed by atoms with Gasteiger partial charge in [-0.05, 0) is 42.7 Å². The van der Waals surface area contributed by atoms with Gasteiger partial charge >= 0.3 is 5.97 Å². The minimum atomic E-state index is -1.11. The quantitative estimate of drug-likeness (QED) is 0.513. The number of hydrogen-bond acceptors (Lipinski definition) is 5. The maximum Gasteiger partial charge on any atom is 0.326 e. The second-order valence-electron chi connectivity index (χ2n) is 6.67. The van der Waals surface area contributed by atoms with Crippen LogP contribution in [0.1, 0.15) is 30.8 Å². The van der Waals surface area contributed by atoms with Gasteiger partial charge in [-0.1, -0.05) is 13.8 Å². The molecular weight excluding hydrogens is 364 g/mol. The number of aliphatic carboxylic acids is 1. The molecule has 0 saturated heterocycles. The lowest BCUT2D eigenvalue weighted by atomic mass is 10.0. The Balaban J connectivity index is 1.91. The molecule has 2 aromatic rings. The normalized spacial score (nSPS) is 11.7. The number of H-pyrrole nitrogens is 1. The van der Waals surface area contributed by atoms with Gasteiger partial charge in [0.1, 0.15) is 17.5 Å². The highest BCUT2D eigenvalue weighted by Crippen LogP contribution is 2.21. The lowest BCUT2D eigenvalue weighted by Gasteiger charge is -2.16. The number of nitrogens with zero attached hydrogens (tertiary/aromatic N) is 1. The predicted molar refractivity (Wildman–Crippen MR) is 102 cm³/mol. The fourth-order valence-electron chi connectivity index (χ4n) is 2.54. The number of aromatic nitrogens is 2. The van der Waals surface area contributed by atoms with Crippen molar-refractivity contribution in [3.63, 3.8) is 0 Å². The van der Waals surface area contributed by atoms with E-state index in [9.17, 15) is 14.4 Å². The molecule has 9 nitrogen and oxygen atoms in total. The summed E-state index contributed by atoms with van der Waals surface area (Å²) >= 11 is 0. The Bertz CT molecular complexity index is 829. The van der Waals surface area contributed by atoms with E-state index in [0.29, 0.717) is 17.9 Å². The van der Waals surface area contributed by atoms with Gasteiger partial charge in [-0.25, -0.2) is 4.79 Å². The predicted octanol–water partition coefficient (Wildman–Crippen LogP) is 1.43. The molecule has 0 unspecified atom stereocenters. The van der Waals surface area contributed by atoms with Crippen molar-refractivity contribution in [1.82, 2.24) is 20.8 Å². The van der Waals surface area contributed by atoms with Crippen molar-refractivity contribution in [2.24, 2.45) is 5.92 Å². The van der Waals surface area contributed by atoms with E-state index in [-0.39, 0.29) is 18.2 Å². The van der Waals surface area contributed by atoms with Crippen LogP contribution in [0.3, 0.4) is 0 Å². The Kier molecular flexibility index (Phi) is 7.14. The average molecular weight is 388 g/mol. The highest BCUT2D eigenvalue weighted by Gasteiger charge is 2.21. The number of aromatic amines is 1. The van der Waals surface area contributed by atoms with E-state index >= 15 is 0 Å². The van der Waals surface area contributed by atoms with Crippen molar-refractivity contribution in [3.05, 3.63) is 36.0 Å². The van der Waals surface area contributed by atoms with Gasteiger partial charge in [-0.2, -0.15) is 5.10 Å². The Morgan fingerprint density at radius 3 is 2.46 bits per heavy atom. The summed E-state index contributed by atoms with van der Waals surface area (Å²) in [6.07, 6.45) is 0.306. The number of rotatable bonds is 9. The number of carbonyl (C=O) groups excluding carboxylic acids is 2. The summed E-state index contributed by atoms with van der Waals surface area (Å²) in [6, 6.07) is 7.76. The molecule has 2 rings (SSSR count). The molecule has 9 heteroatoms. The summed E-state index contributed by atoms with van der Waals surface area (Å²) in [5.74, 6) is -1.38. The summed E-state index contributed by atoms with van der Waals surface area (Å²) in [7, 11) is 1.57. The zero-order chi connectivity index (χ0) is 20.7. The second kappa shape index (κ2) is 9.54. The van der Waals surface area contributed by atoms with Crippen molar-refractivity contribution in [1.29, 1.82) is 0 Å². The lowest BCUT2D eigenvalue weighted by molar-refractivity contribution is -0.142. The molecule has 1 atom stereocenters. The fraction of sp³-hybridized carbons (Fsp3) is 0.368. The van der Waals surface area contributed by atoms with Crippen LogP contribution in [0, 0.1) is 5.92 Å². The van der Waals surface area contributed by atoms with E-state index in [1.807, 2.05) is 26.0 Å². The largest absolute Gasteiger partial charge is 0.497 e. The molecule has 1 heterocycles. The zero-order valence-corrected chi connectivity index (χ0v) is 16.0. The average Bonchev–Trinajstić information content (AvgIpc) is 3.15. The van der Waals surface area contributed by atoms with Crippen molar-refractivity contribution in [3.8, 4) is 17.0 Å². The summed E-state index contributed by atoms with van der Waals surface area (Å²) in [6.45, 7) is 3.39. The van der Waals surface area contributed by atoms with Gasteiger partial charge in [-0.15, -0.1) is 0 Å². The Morgan fingerprint density at radius 2 is 1.89 bits per heavy atom. The van der Waals surface area contributed by atoms with E-state index in [1.54, 1.807) is 25.3 Å². The first-order chi connectivity index (χ1) is 13.3. The highest BCUT2D eigenvalue weighted by atomic mass is 16.5. The second-order valence-corrected chi connectivity index (χ2v) is 6.67. The van der Waals surface area contributed by atoms with E-state index in [2.05, 4.69) is 20.8 Å². The molecule has 150 valence electrons. The van der Waals surface area contributed by atoms with Crippen LogP contribution in [0.15, 0.2) is 30.3 Å². The van der Waals surface area contributed by atoms with Gasteiger partial charge in [0.2, 0.25) is 5.91 Å². The number of benzene rings is 1. The SMILES string of the molecule is COc1ccc(-c2cc(C(=O)NCC(=O)N[C@@H](CC(C)C)C(=O)O)[nH]n2)cc1. The molecule has 0 aliphatic heterocycles. The standard InChI is InChI=1S/C19H24N4O5/c1-11(2)8-16(19(26)27)21-17(24)10-20-18(25)15-9-14(22-23-15)12-4-6-13(28-3)7-5-12/h4-7,9,11,16H,8,10H2,1-3H3,(H,20,25)(H,21,24)(H,22,23)(H,26,27)/t16-/m0/s1. The van der Waals surface area contributed by atoms with Crippen LogP contribution in [0.25, 0.3) is 11.3 Å². The molecule has 0 bridgehead atoms. The Morgan fingerprint density at radius 1 is 1.21 bits per heavy atom. The maximum atomic E-state index is 12.2. The topological polar surface area (TPSA) is 133 Å². The number of carboxylic acid groups (broad SMARTS) is 1. The van der Waals surface area contributed by atoms with E-state index in [1.165, 1.54) is 0 Å². The smallest absolute Gasteiger partial charge is 0.326 e. The number of carboxylic acids is 1. The molecule has 1 aromatic heterocycles. The van der Waals surface area contributed by atoms with Crippen LogP contribution in [-0.4, -0.2) is 52.8 Å². The molecule has 0 spiro atoms. The first-order valence-electron chi connectivity index (χ1n) is 8.80. The molecule has 2 amide bonds. The Hall–Kier alpha value is -3.36. The number of carbonyl (C=O) groups is 3. The van der Waals surface area contributed by atoms with Gasteiger partial charge in [0.25, 0.3) is 5.91 Å². The first-order valence-corrected chi connectivity index (χ1v) is 8.80. The van der Waals surface area contributed by atoms with Crippen molar-refractivity contribution in [2.45, 2.75) is 26.3 Å². The third-order valence-electron chi connectivity index (χ3n) is 3.96. The molecule has 0 radical (unpaired) electrons. The number of ether oxygens (including phenoxy) is 1. The van der Waals surface area contributed by atoms with Crippen LogP contribution in [0.5, 0.6) is 5.75 Å². The van der Waals surface area contributed by atoms with E-state index < -0.39 is 23.8 Å². The summed E-state index contributed by atoms with van der Waals surface area (Å²) in [4.78, 5) is 35.3. The van der Waals surface area contributed by atoms with Crippen LogP contribution in [0.2, 0.25) is 0 Å². The number of methoxy groups -OCH3 is 1. The summed E-state index contributed by atoms with van der Waals surface area (Å²) in [5.41, 5.74) is 1.56. The molecule has 0 saturated carbocycles. The Labute approximate surface area is 162 Å². The molecule has 0 aliphatic rings. The summed E-state index contributed by atoms with van der Waals surface area (Å²) < 4.78 is 5.10. The fourth-order valence-corrected chi connectivity index (χ4v) is 2.54. The minimum absolute atomic E-state index is 0.109. The van der Waals surface area contributed by atoms with Gasteiger partial charge in [0.05, 0.1) is 19.3 Å². The van der Waals surface area contributed by atoms with Gasteiger partial charge in [0, 0.05) is 5.56 Å². The van der Waals surface area contributed by atoms with Crippen LogP contribution < -0.4 is 15.4 Å². The van der Waals surface area contributed by atoms with Gasteiger partial charge in [0.15, 0.2) is 0 Å². The molecule has 0 aliphatic carbocycles. The third-order valence-corrected chi connectivity index (χ3v) is 3.96. The van der Waals surface area contributed by atoms with E-state index in [0.717, 1.165) is 5.56 Å². The molecule has 1 aromatic carbocycles. The monoisotopic (exact) mass is 388 g/mol. The number of nitrogens with one attached hydrogen (secondary N) is 3. The molecular formula is C19H24N4O5. The zero-order valence-electron chi connectivity index (χ0n) is 16.0. The van der Waals surface area contributed by atoms with Gasteiger partial charge in [-0.3, -0.25) is 14.7 Å². The highest BCUT2D eigenvalue weighted by molar-refractivity contribution is 5.96. The molecule has 0 fully saturated rings. The lowest BCUT2D eigenvalue weighted by Crippen LogP contribution is -2.46. The van der Waals surface area contributed by atoms with E-state index in [4.69, 9.17) is 9.84 Å².